The Hall–Kier alpha value is -3.39. The highest BCUT2D eigenvalue weighted by Crippen LogP contribution is 2.20. The number of aryl methyl sites for hydroxylation is 4. The van der Waals surface area contributed by atoms with Crippen LogP contribution in [0.3, 0.4) is 0 Å². The van der Waals surface area contributed by atoms with E-state index in [0.29, 0.717) is 29.3 Å². The van der Waals surface area contributed by atoms with Crippen molar-refractivity contribution in [2.45, 2.75) is 45.9 Å². The van der Waals surface area contributed by atoms with Crippen molar-refractivity contribution in [3.63, 3.8) is 0 Å². The highest BCUT2D eigenvalue weighted by atomic mass is 32.2. The first kappa shape index (κ1) is 22.8. The molecule has 170 valence electrons. The maximum atomic E-state index is 13.3. The Morgan fingerprint density at radius 1 is 1.06 bits per heavy atom. The van der Waals surface area contributed by atoms with Crippen molar-refractivity contribution in [3.05, 3.63) is 81.3 Å². The quantitative estimate of drug-likeness (QED) is 0.327. The van der Waals surface area contributed by atoms with Crippen LogP contribution < -0.4 is 10.9 Å². The number of fused-ring (bicyclic) bond motifs is 1. The molecule has 0 spiro atoms. The number of nitrogens with one attached hydrogen (secondary N) is 1. The zero-order valence-electron chi connectivity index (χ0n) is 19.3. The summed E-state index contributed by atoms with van der Waals surface area (Å²) in [5.41, 5.74) is 5.87. The van der Waals surface area contributed by atoms with E-state index < -0.39 is 0 Å². The summed E-state index contributed by atoms with van der Waals surface area (Å²) < 4.78 is 3.31. The minimum absolute atomic E-state index is 0.140. The van der Waals surface area contributed by atoms with Crippen LogP contribution in [0.4, 0.5) is 5.69 Å². The summed E-state index contributed by atoms with van der Waals surface area (Å²) in [6.45, 7) is 9.04. The van der Waals surface area contributed by atoms with Crippen LogP contribution in [0.5, 0.6) is 0 Å². The van der Waals surface area contributed by atoms with Crippen LogP contribution in [0.2, 0.25) is 0 Å². The number of thioether (sulfide) groups is 1. The van der Waals surface area contributed by atoms with E-state index in [1.165, 1.54) is 17.3 Å². The summed E-state index contributed by atoms with van der Waals surface area (Å²) in [4.78, 5) is 30.6. The molecule has 0 aliphatic heterocycles. The zero-order chi connectivity index (χ0) is 23.5. The van der Waals surface area contributed by atoms with Crippen molar-refractivity contribution in [1.29, 1.82) is 0 Å². The van der Waals surface area contributed by atoms with E-state index >= 15 is 0 Å². The van der Waals surface area contributed by atoms with Crippen LogP contribution in [0, 0.1) is 20.8 Å². The van der Waals surface area contributed by atoms with Gasteiger partial charge < -0.3 is 5.32 Å². The van der Waals surface area contributed by atoms with Crippen LogP contribution in [-0.4, -0.2) is 31.0 Å². The molecule has 7 nitrogen and oxygen atoms in total. The Labute approximate surface area is 196 Å². The standard InChI is InChI=1S/C25H27N5O2S/c1-5-29-14-21-23(28-29)24(32)30(13-19-9-6-16(2)7-10-19)25(27-21)33-15-22(31)26-20-11-8-17(3)18(4)12-20/h6-12,14H,5,13,15H2,1-4H3,(H,26,31). The van der Waals surface area contributed by atoms with Crippen LogP contribution in [0.25, 0.3) is 11.0 Å². The monoisotopic (exact) mass is 461 g/mol. The molecule has 2 heterocycles. The van der Waals surface area contributed by atoms with Gasteiger partial charge in [-0.2, -0.15) is 5.10 Å². The van der Waals surface area contributed by atoms with Gasteiger partial charge in [0.1, 0.15) is 5.52 Å². The van der Waals surface area contributed by atoms with Crippen LogP contribution in [0.1, 0.15) is 29.2 Å². The third-order valence-electron chi connectivity index (χ3n) is 5.55. The highest BCUT2D eigenvalue weighted by molar-refractivity contribution is 7.99. The summed E-state index contributed by atoms with van der Waals surface area (Å²) in [6, 6.07) is 13.9. The van der Waals surface area contributed by atoms with Crippen LogP contribution >= 0.6 is 11.8 Å². The fourth-order valence-electron chi connectivity index (χ4n) is 3.46. The third kappa shape index (κ3) is 5.17. The van der Waals surface area contributed by atoms with Crippen molar-refractivity contribution < 1.29 is 4.79 Å². The van der Waals surface area contributed by atoms with E-state index in [1.807, 2.05) is 70.2 Å². The summed E-state index contributed by atoms with van der Waals surface area (Å²) >= 11 is 1.25. The van der Waals surface area contributed by atoms with E-state index in [2.05, 4.69) is 15.4 Å². The Kier molecular flexibility index (Phi) is 6.65. The first-order chi connectivity index (χ1) is 15.8. The van der Waals surface area contributed by atoms with E-state index in [1.54, 1.807) is 15.4 Å². The van der Waals surface area contributed by atoms with Crippen molar-refractivity contribution in [1.82, 2.24) is 19.3 Å². The molecule has 0 bridgehead atoms. The third-order valence-corrected chi connectivity index (χ3v) is 6.52. The zero-order valence-corrected chi connectivity index (χ0v) is 20.1. The molecule has 33 heavy (non-hydrogen) atoms. The normalized spacial score (nSPS) is 11.2. The van der Waals surface area contributed by atoms with E-state index in [4.69, 9.17) is 0 Å². The fraction of sp³-hybridized carbons (Fsp3) is 0.280. The maximum Gasteiger partial charge on any atom is 0.282 e. The molecule has 0 radical (unpaired) electrons. The molecule has 0 saturated carbocycles. The molecule has 0 aliphatic carbocycles. The molecule has 4 rings (SSSR count). The Morgan fingerprint density at radius 2 is 1.82 bits per heavy atom. The van der Waals surface area contributed by atoms with Gasteiger partial charge in [-0.1, -0.05) is 47.7 Å². The second-order valence-corrected chi connectivity index (χ2v) is 9.07. The van der Waals surface area contributed by atoms with Crippen LogP contribution in [-0.2, 0) is 17.9 Å². The molecule has 2 aromatic heterocycles. The number of carbonyl (C=O) groups excluding carboxylic acids is 1. The number of hydrogen-bond donors (Lipinski definition) is 1. The fourth-order valence-corrected chi connectivity index (χ4v) is 4.26. The molecule has 0 fully saturated rings. The maximum absolute atomic E-state index is 13.3. The number of rotatable bonds is 7. The van der Waals surface area contributed by atoms with Crippen molar-refractivity contribution in [2.24, 2.45) is 0 Å². The Morgan fingerprint density at radius 3 is 2.52 bits per heavy atom. The summed E-state index contributed by atoms with van der Waals surface area (Å²) in [7, 11) is 0. The predicted octanol–water partition coefficient (Wildman–Crippen LogP) is 4.32. The van der Waals surface area contributed by atoms with Gasteiger partial charge in [-0.05, 0) is 56.5 Å². The number of aromatic nitrogens is 4. The van der Waals surface area contributed by atoms with Crippen molar-refractivity contribution >= 4 is 34.4 Å². The average Bonchev–Trinajstić information content (AvgIpc) is 3.22. The largest absolute Gasteiger partial charge is 0.325 e. The molecule has 0 unspecified atom stereocenters. The first-order valence-corrected chi connectivity index (χ1v) is 11.9. The molecular formula is C25H27N5O2S. The minimum Gasteiger partial charge on any atom is -0.325 e. The van der Waals surface area contributed by atoms with E-state index in [-0.39, 0.29) is 17.2 Å². The molecular weight excluding hydrogens is 434 g/mol. The lowest BCUT2D eigenvalue weighted by Crippen LogP contribution is -2.25. The molecule has 0 saturated heterocycles. The number of hydrogen-bond acceptors (Lipinski definition) is 5. The molecule has 0 atom stereocenters. The molecule has 4 aromatic rings. The van der Waals surface area contributed by atoms with Gasteiger partial charge in [0.15, 0.2) is 10.7 Å². The van der Waals surface area contributed by atoms with Gasteiger partial charge in [0, 0.05) is 12.2 Å². The lowest BCUT2D eigenvalue weighted by molar-refractivity contribution is -0.113. The number of amides is 1. The lowest BCUT2D eigenvalue weighted by Gasteiger charge is -2.12. The van der Waals surface area contributed by atoms with Gasteiger partial charge in [-0.15, -0.1) is 0 Å². The van der Waals surface area contributed by atoms with Gasteiger partial charge in [0.25, 0.3) is 5.56 Å². The second kappa shape index (κ2) is 9.62. The lowest BCUT2D eigenvalue weighted by atomic mass is 10.1. The van der Waals surface area contributed by atoms with E-state index in [0.717, 1.165) is 22.4 Å². The van der Waals surface area contributed by atoms with Crippen molar-refractivity contribution in [2.75, 3.05) is 11.1 Å². The average molecular weight is 462 g/mol. The van der Waals surface area contributed by atoms with Gasteiger partial charge >= 0.3 is 0 Å². The smallest absolute Gasteiger partial charge is 0.282 e. The molecule has 1 amide bonds. The van der Waals surface area contributed by atoms with Gasteiger partial charge in [-0.25, -0.2) is 4.98 Å². The minimum atomic E-state index is -0.204. The van der Waals surface area contributed by atoms with Crippen LogP contribution in [0.15, 0.2) is 58.6 Å². The number of carbonyl (C=O) groups is 1. The summed E-state index contributed by atoms with van der Waals surface area (Å²) in [5, 5.41) is 7.82. The SMILES string of the molecule is CCn1cc2nc(SCC(=O)Nc3ccc(C)c(C)c3)n(Cc3ccc(C)cc3)c(=O)c2n1. The highest BCUT2D eigenvalue weighted by Gasteiger charge is 2.16. The second-order valence-electron chi connectivity index (χ2n) is 8.13. The topological polar surface area (TPSA) is 81.8 Å². The Balaban J connectivity index is 1.61. The molecule has 1 N–H and O–H groups in total. The number of nitrogens with zero attached hydrogens (tertiary/aromatic N) is 4. The Bertz CT molecular complexity index is 1370. The molecule has 0 aliphatic rings. The van der Waals surface area contributed by atoms with Gasteiger partial charge in [0.2, 0.25) is 5.91 Å². The van der Waals surface area contributed by atoms with Gasteiger partial charge in [0.05, 0.1) is 18.5 Å². The summed E-state index contributed by atoms with van der Waals surface area (Å²) in [5.74, 6) is -0.00975. The number of anilines is 1. The molecule has 2 aromatic carbocycles. The van der Waals surface area contributed by atoms with Gasteiger partial charge in [-0.3, -0.25) is 18.8 Å². The predicted molar refractivity (Wildman–Crippen MR) is 133 cm³/mol. The van der Waals surface area contributed by atoms with E-state index in [9.17, 15) is 9.59 Å². The first-order valence-electron chi connectivity index (χ1n) is 10.9. The number of benzene rings is 2. The molecule has 8 heteroatoms. The summed E-state index contributed by atoms with van der Waals surface area (Å²) in [6.07, 6.45) is 1.77. The van der Waals surface area contributed by atoms with Crippen molar-refractivity contribution in [3.8, 4) is 0 Å².